The molecule has 0 spiro atoms. The highest BCUT2D eigenvalue weighted by atomic mass is 32.1. The van der Waals surface area contributed by atoms with Crippen molar-refractivity contribution in [3.63, 3.8) is 0 Å². The summed E-state index contributed by atoms with van der Waals surface area (Å²) in [4.78, 5) is 22.6. The lowest BCUT2D eigenvalue weighted by Crippen LogP contribution is -2.37. The number of nitrogens with one attached hydrogen (secondary N) is 1. The molecule has 2 aromatic heterocycles. The highest BCUT2D eigenvalue weighted by Gasteiger charge is 2.27. The molecule has 0 aromatic carbocycles. The molecule has 0 radical (unpaired) electrons. The molecule has 1 aliphatic heterocycles. The summed E-state index contributed by atoms with van der Waals surface area (Å²) in [6, 6.07) is 1.95. The van der Waals surface area contributed by atoms with Gasteiger partial charge in [-0.2, -0.15) is 11.3 Å². The Morgan fingerprint density at radius 2 is 2.33 bits per heavy atom. The molecule has 0 bridgehead atoms. The average Bonchev–Trinajstić information content (AvgIpc) is 3.18. The van der Waals surface area contributed by atoms with Crippen molar-refractivity contribution in [3.8, 4) is 5.88 Å². The van der Waals surface area contributed by atoms with Crippen LogP contribution in [0.2, 0.25) is 0 Å². The molecule has 3 heterocycles. The van der Waals surface area contributed by atoms with Crippen molar-refractivity contribution >= 4 is 23.1 Å². The molecule has 21 heavy (non-hydrogen) atoms. The van der Waals surface area contributed by atoms with Crippen LogP contribution in [0.25, 0.3) is 0 Å². The molecule has 1 N–H and O–H groups in total. The number of carbonyl (C=O) groups is 1. The Morgan fingerprint density at radius 1 is 1.48 bits per heavy atom. The van der Waals surface area contributed by atoms with Gasteiger partial charge in [0, 0.05) is 42.5 Å². The van der Waals surface area contributed by atoms with E-state index >= 15 is 0 Å². The Bertz CT molecular complexity index is 617. The molecule has 0 saturated carbocycles. The van der Waals surface area contributed by atoms with Crippen LogP contribution in [0.15, 0.2) is 29.2 Å². The third kappa shape index (κ3) is 2.97. The van der Waals surface area contributed by atoms with E-state index in [4.69, 9.17) is 4.74 Å². The van der Waals surface area contributed by atoms with Gasteiger partial charge >= 0.3 is 0 Å². The molecule has 1 amide bonds. The fraction of sp³-hybridized carbons (Fsp3) is 0.357. The smallest absolute Gasteiger partial charge is 0.257 e. The summed E-state index contributed by atoms with van der Waals surface area (Å²) in [6.45, 7) is 1.54. The summed E-state index contributed by atoms with van der Waals surface area (Å²) >= 11 is 1.52. The van der Waals surface area contributed by atoms with Crippen molar-refractivity contribution in [1.29, 1.82) is 0 Å². The van der Waals surface area contributed by atoms with Crippen LogP contribution < -0.4 is 15.0 Å². The lowest BCUT2D eigenvalue weighted by molar-refractivity contribution is 0.0941. The second kappa shape index (κ2) is 6.09. The van der Waals surface area contributed by atoms with Gasteiger partial charge in [-0.1, -0.05) is 0 Å². The summed E-state index contributed by atoms with van der Waals surface area (Å²) in [5.41, 5.74) is 0.718. The van der Waals surface area contributed by atoms with E-state index in [1.54, 1.807) is 19.5 Å². The van der Waals surface area contributed by atoms with Gasteiger partial charge in [-0.05, 0) is 17.9 Å². The molecule has 1 fully saturated rings. The predicted octanol–water partition coefficient (Wildman–Crippen LogP) is 1.56. The van der Waals surface area contributed by atoms with Gasteiger partial charge in [0.1, 0.15) is 0 Å². The van der Waals surface area contributed by atoms with Crippen LogP contribution in [-0.4, -0.2) is 42.1 Å². The van der Waals surface area contributed by atoms with Crippen molar-refractivity contribution in [2.24, 2.45) is 0 Å². The Balaban J connectivity index is 1.64. The van der Waals surface area contributed by atoms with Gasteiger partial charge in [0.2, 0.25) is 0 Å². The Labute approximate surface area is 126 Å². The molecule has 1 atom stereocenters. The molecule has 1 saturated heterocycles. The number of ether oxygens (including phenoxy) is 1. The molecular weight excluding hydrogens is 288 g/mol. The fourth-order valence-electron chi connectivity index (χ4n) is 2.41. The topological polar surface area (TPSA) is 67.4 Å². The van der Waals surface area contributed by atoms with Crippen molar-refractivity contribution in [2.75, 3.05) is 25.1 Å². The first-order valence-electron chi connectivity index (χ1n) is 6.71. The average molecular weight is 304 g/mol. The number of carbonyl (C=O) groups excluding carboxylic acids is 1. The Hall–Kier alpha value is -2.15. The first-order valence-corrected chi connectivity index (χ1v) is 7.65. The number of nitrogens with zero attached hydrogens (tertiary/aromatic N) is 3. The van der Waals surface area contributed by atoms with Crippen LogP contribution in [0.1, 0.15) is 16.8 Å². The van der Waals surface area contributed by atoms with Crippen molar-refractivity contribution in [2.45, 2.75) is 12.5 Å². The monoisotopic (exact) mass is 304 g/mol. The highest BCUT2D eigenvalue weighted by Crippen LogP contribution is 2.25. The maximum atomic E-state index is 12.1. The van der Waals surface area contributed by atoms with Crippen LogP contribution in [0.4, 0.5) is 5.82 Å². The number of hydrogen-bond acceptors (Lipinski definition) is 6. The minimum atomic E-state index is -0.0192. The molecule has 6 nitrogen and oxygen atoms in total. The first-order chi connectivity index (χ1) is 10.3. The Kier molecular flexibility index (Phi) is 4.01. The number of methoxy groups -OCH3 is 1. The number of aromatic nitrogens is 2. The predicted molar refractivity (Wildman–Crippen MR) is 81.0 cm³/mol. The van der Waals surface area contributed by atoms with E-state index < -0.39 is 0 Å². The first kappa shape index (κ1) is 13.8. The number of rotatable bonds is 4. The molecule has 0 unspecified atom stereocenters. The van der Waals surface area contributed by atoms with Gasteiger partial charge in [0.15, 0.2) is 5.82 Å². The molecule has 0 aliphatic carbocycles. The van der Waals surface area contributed by atoms with Crippen LogP contribution >= 0.6 is 11.3 Å². The zero-order valence-corrected chi connectivity index (χ0v) is 12.5. The van der Waals surface area contributed by atoms with E-state index in [0.29, 0.717) is 12.4 Å². The third-order valence-electron chi connectivity index (χ3n) is 3.45. The van der Waals surface area contributed by atoms with E-state index in [1.807, 2.05) is 16.8 Å². The van der Waals surface area contributed by atoms with E-state index in [0.717, 1.165) is 24.3 Å². The van der Waals surface area contributed by atoms with Crippen molar-refractivity contribution < 1.29 is 9.53 Å². The highest BCUT2D eigenvalue weighted by molar-refractivity contribution is 7.08. The maximum Gasteiger partial charge on any atom is 0.257 e. The van der Waals surface area contributed by atoms with Crippen molar-refractivity contribution in [1.82, 2.24) is 15.3 Å². The minimum Gasteiger partial charge on any atom is -0.478 e. The van der Waals surface area contributed by atoms with E-state index in [9.17, 15) is 4.79 Å². The molecule has 2 aromatic rings. The summed E-state index contributed by atoms with van der Waals surface area (Å²) in [7, 11) is 1.58. The lowest BCUT2D eigenvalue weighted by Gasteiger charge is -2.19. The zero-order chi connectivity index (χ0) is 14.7. The minimum absolute atomic E-state index is 0.0192. The van der Waals surface area contributed by atoms with Crippen molar-refractivity contribution in [3.05, 3.63) is 34.8 Å². The van der Waals surface area contributed by atoms with Gasteiger partial charge in [-0.15, -0.1) is 0 Å². The lowest BCUT2D eigenvalue weighted by atomic mass is 10.2. The molecule has 7 heteroatoms. The van der Waals surface area contributed by atoms with E-state index in [1.165, 1.54) is 11.3 Å². The summed E-state index contributed by atoms with van der Waals surface area (Å²) in [6.07, 6.45) is 4.14. The Morgan fingerprint density at radius 3 is 3.10 bits per heavy atom. The fourth-order valence-corrected chi connectivity index (χ4v) is 3.05. The van der Waals surface area contributed by atoms with E-state index in [-0.39, 0.29) is 11.9 Å². The van der Waals surface area contributed by atoms with E-state index in [2.05, 4.69) is 20.2 Å². The second-order valence-electron chi connectivity index (χ2n) is 4.81. The number of anilines is 1. The van der Waals surface area contributed by atoms with Gasteiger partial charge in [-0.25, -0.2) is 9.97 Å². The zero-order valence-electron chi connectivity index (χ0n) is 11.7. The normalized spacial score (nSPS) is 17.8. The molecule has 110 valence electrons. The van der Waals surface area contributed by atoms with Crippen LogP contribution in [0.3, 0.4) is 0 Å². The second-order valence-corrected chi connectivity index (χ2v) is 5.59. The molecular formula is C14H16N4O2S. The molecule has 3 rings (SSSR count). The van der Waals surface area contributed by atoms with Gasteiger partial charge < -0.3 is 15.0 Å². The van der Waals surface area contributed by atoms with Crippen LogP contribution in [-0.2, 0) is 0 Å². The number of amides is 1. The van der Waals surface area contributed by atoms with Gasteiger partial charge in [0.25, 0.3) is 11.8 Å². The van der Waals surface area contributed by atoms with Gasteiger partial charge in [0.05, 0.1) is 7.11 Å². The number of hydrogen-bond donors (Lipinski definition) is 1. The number of thiophene rings is 1. The largest absolute Gasteiger partial charge is 0.478 e. The summed E-state index contributed by atoms with van der Waals surface area (Å²) < 4.78 is 5.23. The summed E-state index contributed by atoms with van der Waals surface area (Å²) in [5, 5.41) is 6.81. The molecule has 1 aliphatic rings. The maximum absolute atomic E-state index is 12.1. The third-order valence-corrected chi connectivity index (χ3v) is 4.13. The summed E-state index contributed by atoms with van der Waals surface area (Å²) in [5.74, 6) is 1.23. The SMILES string of the molecule is COc1nccnc1N1CC[C@@H](NC(=O)c2ccsc2)C1. The van der Waals surface area contributed by atoms with Gasteiger partial charge in [-0.3, -0.25) is 4.79 Å². The standard InChI is InChI=1S/C14H16N4O2S/c1-20-14-12(15-4-5-16-14)18-6-2-11(8-18)17-13(19)10-3-7-21-9-10/h3-5,7,9,11H,2,6,8H2,1H3,(H,17,19)/t11-/m1/s1. The van der Waals surface area contributed by atoms with Crippen LogP contribution in [0.5, 0.6) is 5.88 Å². The van der Waals surface area contributed by atoms with Crippen LogP contribution in [0, 0.1) is 0 Å². The quantitative estimate of drug-likeness (QED) is 0.928.